The molecule has 0 radical (unpaired) electrons. The van der Waals surface area contributed by atoms with Crippen molar-refractivity contribution in [2.75, 3.05) is 26.5 Å². The zero-order valence-corrected chi connectivity index (χ0v) is 15.9. The van der Waals surface area contributed by atoms with Crippen LogP contribution in [-0.4, -0.2) is 57.7 Å². The van der Waals surface area contributed by atoms with Crippen LogP contribution in [0.1, 0.15) is 25.7 Å². The Morgan fingerprint density at radius 3 is 2.91 bits per heavy atom. The van der Waals surface area contributed by atoms with Gasteiger partial charge >= 0.3 is 0 Å². The highest BCUT2D eigenvalue weighted by Crippen LogP contribution is 2.32. The monoisotopic (exact) mass is 402 g/mol. The molecule has 0 aromatic rings. The highest BCUT2D eigenvalue weighted by molar-refractivity contribution is 9.11. The molecule has 0 aromatic heterocycles. The van der Waals surface area contributed by atoms with Gasteiger partial charge in [0.2, 0.25) is 0 Å². The molecule has 2 aliphatic heterocycles. The molecule has 8 heteroatoms. The second-order valence-corrected chi connectivity index (χ2v) is 8.54. The van der Waals surface area contributed by atoms with Crippen LogP contribution < -0.4 is 5.32 Å². The maximum atomic E-state index is 12.2. The molecular weight excluding hydrogens is 380 g/mol. The Hall–Kier alpha value is -0.700. The average molecular weight is 403 g/mol. The number of hydrogen-bond donors (Lipinski definition) is 2. The van der Waals surface area contributed by atoms with Gasteiger partial charge in [-0.25, -0.2) is 10.0 Å². The molecule has 2 N–H and O–H groups in total. The fraction of sp³-hybridized carbons (Fsp3) is 0.667. The van der Waals surface area contributed by atoms with Gasteiger partial charge < -0.3 is 10.4 Å². The summed E-state index contributed by atoms with van der Waals surface area (Å²) in [5.41, 5.74) is 0. The lowest BCUT2D eigenvalue weighted by Gasteiger charge is -2.34. The number of halogens is 1. The molecule has 1 saturated carbocycles. The van der Waals surface area contributed by atoms with Gasteiger partial charge in [-0.05, 0) is 12.8 Å². The van der Waals surface area contributed by atoms with Crippen molar-refractivity contribution in [1.82, 2.24) is 15.3 Å². The van der Waals surface area contributed by atoms with Crippen molar-refractivity contribution in [3.8, 4) is 0 Å². The number of aliphatic hydroxyl groups is 1. The van der Waals surface area contributed by atoms with Crippen LogP contribution in [0.3, 0.4) is 0 Å². The summed E-state index contributed by atoms with van der Waals surface area (Å²) in [5, 5.41) is 17.6. The van der Waals surface area contributed by atoms with E-state index in [0.717, 1.165) is 53.4 Å². The van der Waals surface area contributed by atoms with Gasteiger partial charge in [-0.3, -0.25) is 9.20 Å². The normalized spacial score (nSPS) is 31.9. The summed E-state index contributed by atoms with van der Waals surface area (Å²) in [6.07, 6.45) is 7.88. The molecule has 3 aliphatic rings. The quantitative estimate of drug-likeness (QED) is 0.748. The second-order valence-electron chi connectivity index (χ2n) is 6.25. The van der Waals surface area contributed by atoms with Gasteiger partial charge in [0.1, 0.15) is 16.7 Å². The van der Waals surface area contributed by atoms with E-state index in [0.29, 0.717) is 0 Å². The molecule has 0 amide bonds. The third-order valence-electron chi connectivity index (χ3n) is 4.60. The van der Waals surface area contributed by atoms with Crippen molar-refractivity contribution in [3.63, 3.8) is 0 Å². The first-order chi connectivity index (χ1) is 11.0. The van der Waals surface area contributed by atoms with Gasteiger partial charge in [0, 0.05) is 31.9 Å². The van der Waals surface area contributed by atoms with Crippen molar-refractivity contribution in [1.29, 1.82) is 0 Å². The molecule has 2 heterocycles. The minimum atomic E-state index is -1.12. The molecule has 128 valence electrons. The molecule has 1 fully saturated rings. The summed E-state index contributed by atoms with van der Waals surface area (Å²) in [7, 11) is 0.844. The summed E-state index contributed by atoms with van der Waals surface area (Å²) < 4.78 is 13.2. The first kappa shape index (κ1) is 17.1. The number of amidine groups is 1. The smallest absolute Gasteiger partial charge is 0.139 e. The number of likely N-dealkylation sites (N-methyl/N-ethyl adjacent to an activating group) is 1. The third kappa shape index (κ3) is 3.40. The molecule has 0 spiro atoms. The molecule has 0 bridgehead atoms. The summed E-state index contributed by atoms with van der Waals surface area (Å²) in [6.45, 7) is 0.909. The fourth-order valence-electron chi connectivity index (χ4n) is 3.39. The van der Waals surface area contributed by atoms with Crippen LogP contribution in [0, 0.1) is 5.92 Å². The minimum absolute atomic E-state index is 0.129. The zero-order chi connectivity index (χ0) is 16.6. The summed E-state index contributed by atoms with van der Waals surface area (Å²) in [5.74, 6) is 1.85. The van der Waals surface area contributed by atoms with Crippen LogP contribution >= 0.6 is 15.9 Å². The number of rotatable bonds is 3. The second kappa shape index (κ2) is 7.04. The first-order valence-corrected chi connectivity index (χ1v) is 10.3. The topological polar surface area (TPSA) is 68.2 Å². The molecule has 3 rings (SSSR count). The van der Waals surface area contributed by atoms with Crippen molar-refractivity contribution in [3.05, 3.63) is 21.4 Å². The first-order valence-electron chi connectivity index (χ1n) is 7.92. The Morgan fingerprint density at radius 1 is 1.48 bits per heavy atom. The lowest BCUT2D eigenvalue weighted by molar-refractivity contribution is 0.115. The molecule has 1 unspecified atom stereocenters. The van der Waals surface area contributed by atoms with E-state index in [1.807, 2.05) is 23.1 Å². The van der Waals surface area contributed by atoms with Gasteiger partial charge in [0.05, 0.1) is 27.9 Å². The van der Waals surface area contributed by atoms with Gasteiger partial charge in [-0.15, -0.1) is 0 Å². The summed E-state index contributed by atoms with van der Waals surface area (Å²) in [6, 6.07) is 0.129. The Labute approximate surface area is 147 Å². The summed E-state index contributed by atoms with van der Waals surface area (Å²) in [4.78, 5) is 4.83. The maximum absolute atomic E-state index is 12.2. The number of hydrogen-bond acceptors (Lipinski definition) is 5. The van der Waals surface area contributed by atoms with Crippen molar-refractivity contribution >= 4 is 32.6 Å². The van der Waals surface area contributed by atoms with Gasteiger partial charge in [0.15, 0.2) is 0 Å². The molecule has 1 aliphatic carbocycles. The van der Waals surface area contributed by atoms with Crippen LogP contribution in [0.5, 0.6) is 0 Å². The molecule has 0 aromatic carbocycles. The maximum Gasteiger partial charge on any atom is 0.139 e. The van der Waals surface area contributed by atoms with Gasteiger partial charge in [-0.1, -0.05) is 28.8 Å². The molecular formula is C15H23BrN4O2S. The average Bonchev–Trinajstić information content (AvgIpc) is 2.82. The Morgan fingerprint density at radius 2 is 2.22 bits per heavy atom. The standard InChI is InChI=1S/C15H23BrN4O2S/c1-19-8-11(16)15-18-13(7-14(20(15)19)23(2)22)17-12-6-4-3-5-10(12)9-21/h7,10,12,21H,3-6,8-9H2,1-2H3,(H,17,18)/t10-,12-,23?/m0/s1. The predicted octanol–water partition coefficient (Wildman–Crippen LogP) is 1.49. The van der Waals surface area contributed by atoms with E-state index < -0.39 is 10.8 Å². The number of fused-ring (bicyclic) bond motifs is 1. The minimum Gasteiger partial charge on any atom is -0.396 e. The van der Waals surface area contributed by atoms with E-state index in [2.05, 4.69) is 21.2 Å². The number of hydrazine groups is 1. The van der Waals surface area contributed by atoms with Gasteiger partial charge in [-0.2, -0.15) is 0 Å². The number of nitrogens with zero attached hydrogens (tertiary/aromatic N) is 3. The Balaban J connectivity index is 1.94. The largest absolute Gasteiger partial charge is 0.396 e. The van der Waals surface area contributed by atoms with E-state index >= 15 is 0 Å². The molecule has 23 heavy (non-hydrogen) atoms. The van der Waals surface area contributed by atoms with E-state index in [9.17, 15) is 9.32 Å². The van der Waals surface area contributed by atoms with Crippen molar-refractivity contribution in [2.24, 2.45) is 10.9 Å². The fourth-order valence-corrected chi connectivity index (χ4v) is 4.77. The van der Waals surface area contributed by atoms with E-state index in [1.165, 1.54) is 0 Å². The highest BCUT2D eigenvalue weighted by Gasteiger charge is 2.35. The highest BCUT2D eigenvalue weighted by atomic mass is 79.9. The van der Waals surface area contributed by atoms with Crippen LogP contribution in [0.15, 0.2) is 26.4 Å². The Bertz CT molecular complexity index is 604. The van der Waals surface area contributed by atoms with Crippen molar-refractivity contribution < 1.29 is 9.32 Å². The number of nitrogens with one attached hydrogen (secondary N) is 1. The SMILES string of the molecule is CN1CC(Br)=C2NC(=N[C@H]3CCCC[C@H]3CO)C=C(S(C)=O)N21. The van der Waals surface area contributed by atoms with E-state index in [-0.39, 0.29) is 18.6 Å². The van der Waals surface area contributed by atoms with Crippen LogP contribution in [-0.2, 0) is 10.8 Å². The molecule has 0 saturated heterocycles. The zero-order valence-electron chi connectivity index (χ0n) is 13.5. The Kier molecular flexibility index (Phi) is 5.25. The van der Waals surface area contributed by atoms with E-state index in [4.69, 9.17) is 4.99 Å². The van der Waals surface area contributed by atoms with Crippen LogP contribution in [0.25, 0.3) is 0 Å². The summed E-state index contributed by atoms with van der Waals surface area (Å²) >= 11 is 3.59. The lowest BCUT2D eigenvalue weighted by Crippen LogP contribution is -2.44. The van der Waals surface area contributed by atoms with Crippen LogP contribution in [0.4, 0.5) is 0 Å². The van der Waals surface area contributed by atoms with Gasteiger partial charge in [0.25, 0.3) is 0 Å². The predicted molar refractivity (Wildman–Crippen MR) is 96.0 cm³/mol. The number of aliphatic imine (C=N–C) groups is 1. The molecule has 3 atom stereocenters. The lowest BCUT2D eigenvalue weighted by atomic mass is 9.85. The van der Waals surface area contributed by atoms with Crippen molar-refractivity contribution in [2.45, 2.75) is 31.7 Å². The van der Waals surface area contributed by atoms with E-state index in [1.54, 1.807) is 6.26 Å². The molecule has 6 nitrogen and oxygen atoms in total. The third-order valence-corrected chi connectivity index (χ3v) is 6.10. The van der Waals surface area contributed by atoms with Crippen LogP contribution in [0.2, 0.25) is 0 Å². The number of aliphatic hydroxyl groups excluding tert-OH is 1.